The van der Waals surface area contributed by atoms with Crippen molar-refractivity contribution in [1.29, 1.82) is 0 Å². The predicted molar refractivity (Wildman–Crippen MR) is 123 cm³/mol. The molecule has 7 nitrogen and oxygen atoms in total. The third kappa shape index (κ3) is 3.66. The van der Waals surface area contributed by atoms with Crippen molar-refractivity contribution < 1.29 is 5.48 Å². The Hall–Kier alpha value is -3.29. The summed E-state index contributed by atoms with van der Waals surface area (Å²) in [5, 5.41) is 0. The zero-order valence-electron chi connectivity index (χ0n) is 17.7. The number of hydrogen-bond acceptors (Lipinski definition) is 5. The Bertz CT molecular complexity index is 1070. The van der Waals surface area contributed by atoms with Crippen LogP contribution >= 0.6 is 0 Å². The molecule has 2 aromatic carbocycles. The van der Waals surface area contributed by atoms with Crippen LogP contribution in [0.4, 0.5) is 5.95 Å². The second-order valence-electron chi connectivity index (χ2n) is 7.73. The second kappa shape index (κ2) is 8.83. The van der Waals surface area contributed by atoms with Crippen molar-refractivity contribution >= 4 is 17.1 Å². The first-order chi connectivity index (χ1) is 14.8. The van der Waals surface area contributed by atoms with Gasteiger partial charge in [-0.05, 0) is 17.5 Å². The SMILES string of the molecule is CCC(c1ccccc1)(c1ccccc1)N1CCN(c2ncc3[nH]cnc3n2)CC1.O. The van der Waals surface area contributed by atoms with E-state index in [-0.39, 0.29) is 11.0 Å². The largest absolute Gasteiger partial charge is 0.412 e. The molecular formula is C24H28N6O. The van der Waals surface area contributed by atoms with Gasteiger partial charge in [0.25, 0.3) is 0 Å². The minimum Gasteiger partial charge on any atom is -0.412 e. The molecule has 0 saturated carbocycles. The summed E-state index contributed by atoms with van der Waals surface area (Å²) in [5.74, 6) is 0.760. The maximum atomic E-state index is 4.64. The minimum absolute atomic E-state index is 0. The highest BCUT2D eigenvalue weighted by Crippen LogP contribution is 2.39. The van der Waals surface area contributed by atoms with Gasteiger partial charge in [-0.25, -0.2) is 9.97 Å². The van der Waals surface area contributed by atoms with Gasteiger partial charge in [-0.1, -0.05) is 67.6 Å². The highest BCUT2D eigenvalue weighted by atomic mass is 16.0. The summed E-state index contributed by atoms with van der Waals surface area (Å²) >= 11 is 0. The topological polar surface area (TPSA) is 92.4 Å². The molecule has 0 spiro atoms. The molecule has 0 atom stereocenters. The molecule has 1 aliphatic heterocycles. The van der Waals surface area contributed by atoms with Crippen LogP contribution in [0.15, 0.2) is 73.2 Å². The Kier molecular flexibility index (Phi) is 5.97. The number of anilines is 1. The fourth-order valence-electron chi connectivity index (χ4n) is 4.76. The zero-order valence-corrected chi connectivity index (χ0v) is 17.7. The van der Waals surface area contributed by atoms with Gasteiger partial charge in [0, 0.05) is 26.2 Å². The molecule has 3 N–H and O–H groups in total. The maximum absolute atomic E-state index is 4.64. The number of aromatic amines is 1. The number of nitrogens with one attached hydrogen (secondary N) is 1. The summed E-state index contributed by atoms with van der Waals surface area (Å²) in [7, 11) is 0. The lowest BCUT2D eigenvalue weighted by Crippen LogP contribution is -2.56. The van der Waals surface area contributed by atoms with Crippen molar-refractivity contribution in [3.05, 3.63) is 84.3 Å². The monoisotopic (exact) mass is 416 g/mol. The molecule has 0 unspecified atom stereocenters. The Morgan fingerprint density at radius 2 is 1.48 bits per heavy atom. The molecule has 0 amide bonds. The van der Waals surface area contributed by atoms with Crippen molar-refractivity contribution in [2.45, 2.75) is 18.9 Å². The molecule has 160 valence electrons. The number of H-pyrrole nitrogens is 1. The summed E-state index contributed by atoms with van der Waals surface area (Å²) in [6.45, 7) is 5.95. The normalized spacial score (nSPS) is 15.1. The van der Waals surface area contributed by atoms with E-state index in [1.54, 1.807) is 6.33 Å². The number of fused-ring (bicyclic) bond motifs is 1. The number of piperazine rings is 1. The smallest absolute Gasteiger partial charge is 0.227 e. The van der Waals surface area contributed by atoms with Crippen LogP contribution < -0.4 is 4.90 Å². The Morgan fingerprint density at radius 3 is 2.06 bits per heavy atom. The van der Waals surface area contributed by atoms with Crippen LogP contribution in [0.5, 0.6) is 0 Å². The molecule has 0 radical (unpaired) electrons. The quantitative estimate of drug-likeness (QED) is 0.540. The van der Waals surface area contributed by atoms with Gasteiger partial charge in [-0.15, -0.1) is 0 Å². The standard InChI is InChI=1S/C24H26N6.H2O/c1-2-24(19-9-5-3-6-10-19,20-11-7-4-8-12-20)30-15-13-29(14-16-30)23-25-17-21-22(28-23)27-18-26-21;/h3-12,17-18H,2,13-16H2,1H3,(H,25,26,27,28);1H2. The average Bonchev–Trinajstić information content (AvgIpc) is 3.30. The molecule has 1 saturated heterocycles. The summed E-state index contributed by atoms with van der Waals surface area (Å²) in [6, 6.07) is 21.8. The van der Waals surface area contributed by atoms with Crippen LogP contribution in [0.25, 0.3) is 11.2 Å². The summed E-state index contributed by atoms with van der Waals surface area (Å²) < 4.78 is 0. The van der Waals surface area contributed by atoms with E-state index < -0.39 is 0 Å². The van der Waals surface area contributed by atoms with E-state index in [9.17, 15) is 0 Å². The van der Waals surface area contributed by atoms with E-state index in [1.165, 1.54) is 11.1 Å². The third-order valence-electron chi connectivity index (χ3n) is 6.28. The molecule has 4 aromatic rings. The van der Waals surface area contributed by atoms with Gasteiger partial charge in [0.05, 0.1) is 18.1 Å². The summed E-state index contributed by atoms with van der Waals surface area (Å²) in [5.41, 5.74) is 4.15. The van der Waals surface area contributed by atoms with Crippen molar-refractivity contribution in [2.75, 3.05) is 31.1 Å². The molecular weight excluding hydrogens is 388 g/mol. The molecule has 0 bridgehead atoms. The van der Waals surface area contributed by atoms with E-state index in [0.29, 0.717) is 0 Å². The van der Waals surface area contributed by atoms with Crippen LogP contribution in [-0.4, -0.2) is 56.5 Å². The number of rotatable bonds is 5. The van der Waals surface area contributed by atoms with Gasteiger partial charge in [-0.2, -0.15) is 4.98 Å². The number of hydrogen-bond donors (Lipinski definition) is 1. The lowest BCUT2D eigenvalue weighted by Gasteiger charge is -2.48. The summed E-state index contributed by atoms with van der Waals surface area (Å²) in [6.07, 6.45) is 4.49. The van der Waals surface area contributed by atoms with Crippen molar-refractivity contribution in [3.63, 3.8) is 0 Å². The first-order valence-electron chi connectivity index (χ1n) is 10.6. The van der Waals surface area contributed by atoms with E-state index in [0.717, 1.165) is 49.7 Å². The highest BCUT2D eigenvalue weighted by molar-refractivity contribution is 5.69. The van der Waals surface area contributed by atoms with Crippen LogP contribution in [0.2, 0.25) is 0 Å². The van der Waals surface area contributed by atoms with Gasteiger partial charge < -0.3 is 15.4 Å². The lowest BCUT2D eigenvalue weighted by atomic mass is 9.78. The van der Waals surface area contributed by atoms with Crippen molar-refractivity contribution in [3.8, 4) is 0 Å². The average molecular weight is 417 g/mol. The van der Waals surface area contributed by atoms with Gasteiger partial charge in [-0.3, -0.25) is 4.90 Å². The number of aromatic nitrogens is 4. The molecule has 1 aliphatic rings. The fraction of sp³-hybridized carbons (Fsp3) is 0.292. The van der Waals surface area contributed by atoms with Crippen LogP contribution in [0, 0.1) is 0 Å². The molecule has 7 heteroatoms. The van der Waals surface area contributed by atoms with E-state index >= 15 is 0 Å². The summed E-state index contributed by atoms with van der Waals surface area (Å²) in [4.78, 5) is 21.4. The first-order valence-corrected chi connectivity index (χ1v) is 10.6. The molecule has 2 aromatic heterocycles. The molecule has 3 heterocycles. The predicted octanol–water partition coefficient (Wildman–Crippen LogP) is 3.00. The van der Waals surface area contributed by atoms with Crippen molar-refractivity contribution in [2.24, 2.45) is 0 Å². The molecule has 5 rings (SSSR count). The van der Waals surface area contributed by atoms with Crippen molar-refractivity contribution in [1.82, 2.24) is 24.8 Å². The van der Waals surface area contributed by atoms with Gasteiger partial charge in [0.15, 0.2) is 5.65 Å². The Balaban J connectivity index is 0.00000231. The van der Waals surface area contributed by atoms with E-state index in [1.807, 2.05) is 6.20 Å². The first kappa shape index (κ1) is 21.0. The van der Waals surface area contributed by atoms with Gasteiger partial charge in [0.1, 0.15) is 5.52 Å². The highest BCUT2D eigenvalue weighted by Gasteiger charge is 2.40. The van der Waals surface area contributed by atoms with E-state index in [2.05, 4.69) is 97.3 Å². The third-order valence-corrected chi connectivity index (χ3v) is 6.28. The second-order valence-corrected chi connectivity index (χ2v) is 7.73. The number of imidazole rings is 1. The molecule has 1 fully saturated rings. The molecule has 31 heavy (non-hydrogen) atoms. The minimum atomic E-state index is -0.137. The Labute approximate surface area is 182 Å². The van der Waals surface area contributed by atoms with Crippen LogP contribution in [0.1, 0.15) is 24.5 Å². The zero-order chi connectivity index (χ0) is 20.4. The number of benzene rings is 2. The van der Waals surface area contributed by atoms with Gasteiger partial charge in [0.2, 0.25) is 5.95 Å². The van der Waals surface area contributed by atoms with Gasteiger partial charge >= 0.3 is 0 Å². The fourth-order valence-corrected chi connectivity index (χ4v) is 4.76. The van der Waals surface area contributed by atoms with E-state index in [4.69, 9.17) is 0 Å². The van der Waals surface area contributed by atoms with Crippen LogP contribution in [0.3, 0.4) is 0 Å². The Morgan fingerprint density at radius 1 is 0.871 bits per heavy atom. The number of nitrogens with zero attached hydrogens (tertiary/aromatic N) is 5. The molecule has 0 aliphatic carbocycles. The maximum Gasteiger partial charge on any atom is 0.227 e. The lowest BCUT2D eigenvalue weighted by molar-refractivity contribution is 0.109. The van der Waals surface area contributed by atoms with Crippen LogP contribution in [-0.2, 0) is 5.54 Å².